The summed E-state index contributed by atoms with van der Waals surface area (Å²) in [5, 5.41) is 11.3. The largest absolute Gasteiger partial charge is 0.314 e. The Morgan fingerprint density at radius 1 is 1.37 bits per heavy atom. The summed E-state index contributed by atoms with van der Waals surface area (Å²) in [5.74, 6) is 0.730. The van der Waals surface area contributed by atoms with Gasteiger partial charge in [0, 0.05) is 43.3 Å². The minimum atomic E-state index is -0.0215. The molecule has 1 saturated heterocycles. The summed E-state index contributed by atoms with van der Waals surface area (Å²) in [7, 11) is 0. The maximum absolute atomic E-state index is 12.5. The zero-order valence-corrected chi connectivity index (χ0v) is 17.6. The van der Waals surface area contributed by atoms with Gasteiger partial charge in [-0.05, 0) is 24.1 Å². The molecule has 0 radical (unpaired) electrons. The monoisotopic (exact) mass is 433 g/mol. The average molecular weight is 435 g/mol. The topological polar surface area (TPSA) is 62.2 Å². The molecule has 1 aliphatic rings. The van der Waals surface area contributed by atoms with Crippen LogP contribution in [0.1, 0.15) is 24.9 Å². The van der Waals surface area contributed by atoms with Crippen LogP contribution in [-0.2, 0) is 11.3 Å². The molecule has 9 heteroatoms. The van der Waals surface area contributed by atoms with Crippen LogP contribution >= 0.6 is 36.4 Å². The van der Waals surface area contributed by atoms with E-state index in [1.165, 1.54) is 0 Å². The number of piperazine rings is 1. The zero-order valence-electron chi connectivity index (χ0n) is 15.2. The molecule has 1 amide bonds. The molecule has 2 heterocycles. The molecule has 3 rings (SSSR count). The fourth-order valence-corrected chi connectivity index (χ4v) is 3.37. The van der Waals surface area contributed by atoms with Crippen LogP contribution in [0.25, 0.3) is 0 Å². The number of halogens is 3. The summed E-state index contributed by atoms with van der Waals surface area (Å²) >= 11 is 6.13. The van der Waals surface area contributed by atoms with E-state index >= 15 is 0 Å². The maximum atomic E-state index is 12.5. The van der Waals surface area contributed by atoms with Crippen molar-refractivity contribution in [3.8, 4) is 0 Å². The molecule has 27 heavy (non-hydrogen) atoms. The van der Waals surface area contributed by atoms with Gasteiger partial charge in [0.15, 0.2) is 0 Å². The highest BCUT2D eigenvalue weighted by Crippen LogP contribution is 2.24. The first-order valence-electron chi connectivity index (χ1n) is 8.69. The van der Waals surface area contributed by atoms with Crippen molar-refractivity contribution in [2.24, 2.45) is 0 Å². The van der Waals surface area contributed by atoms with Gasteiger partial charge in [0.05, 0.1) is 12.7 Å². The van der Waals surface area contributed by atoms with Gasteiger partial charge in [-0.25, -0.2) is 4.68 Å². The number of carbonyl (C=O) groups is 1. The van der Waals surface area contributed by atoms with Gasteiger partial charge in [-0.3, -0.25) is 9.69 Å². The predicted molar refractivity (Wildman–Crippen MR) is 114 cm³/mol. The van der Waals surface area contributed by atoms with E-state index in [0.29, 0.717) is 6.54 Å². The van der Waals surface area contributed by atoms with Crippen molar-refractivity contribution in [2.75, 3.05) is 31.5 Å². The molecule has 2 aromatic rings. The number of nitrogens with one attached hydrogen (secondary N) is 2. The molecule has 0 spiro atoms. The molecule has 6 nitrogen and oxygen atoms in total. The van der Waals surface area contributed by atoms with Gasteiger partial charge in [0.25, 0.3) is 0 Å². The number of nitrogens with zero attached hydrogens (tertiary/aromatic N) is 3. The van der Waals surface area contributed by atoms with Crippen molar-refractivity contribution < 1.29 is 4.79 Å². The minimum Gasteiger partial charge on any atom is -0.314 e. The van der Waals surface area contributed by atoms with E-state index in [4.69, 9.17) is 11.6 Å². The van der Waals surface area contributed by atoms with Crippen molar-refractivity contribution in [2.45, 2.75) is 25.9 Å². The van der Waals surface area contributed by atoms with Crippen LogP contribution in [0.4, 0.5) is 5.82 Å². The number of rotatable bonds is 6. The highest BCUT2D eigenvalue weighted by Gasteiger charge is 2.25. The molecule has 1 aromatic heterocycles. The molecular formula is C18H26Cl3N5O. The predicted octanol–water partition coefficient (Wildman–Crippen LogP) is 3.38. The third-order valence-corrected chi connectivity index (χ3v) is 4.59. The van der Waals surface area contributed by atoms with E-state index in [0.717, 1.165) is 49.0 Å². The Morgan fingerprint density at radius 3 is 2.93 bits per heavy atom. The number of carbonyl (C=O) groups excluding carboxylic acids is 1. The Kier molecular flexibility index (Phi) is 10.1. The van der Waals surface area contributed by atoms with Crippen molar-refractivity contribution in [3.63, 3.8) is 0 Å². The van der Waals surface area contributed by atoms with Gasteiger partial charge in [-0.15, -0.1) is 24.8 Å². The van der Waals surface area contributed by atoms with Crippen molar-refractivity contribution >= 4 is 48.1 Å². The number of hydrogen-bond donors (Lipinski definition) is 2. The summed E-state index contributed by atoms with van der Waals surface area (Å²) in [6, 6.07) is 9.82. The fourth-order valence-electron chi connectivity index (χ4n) is 3.17. The van der Waals surface area contributed by atoms with Gasteiger partial charge in [0.1, 0.15) is 5.82 Å². The van der Waals surface area contributed by atoms with Crippen molar-refractivity contribution in [1.29, 1.82) is 0 Å². The molecule has 0 bridgehead atoms. The molecule has 0 aliphatic carbocycles. The molecule has 150 valence electrons. The van der Waals surface area contributed by atoms with Crippen LogP contribution in [0.3, 0.4) is 0 Å². The minimum absolute atomic E-state index is 0. The molecule has 1 atom stereocenters. The number of amides is 1. The Bertz CT molecular complexity index is 725. The van der Waals surface area contributed by atoms with Crippen LogP contribution in [0.5, 0.6) is 0 Å². The second-order valence-electron chi connectivity index (χ2n) is 6.23. The molecule has 1 aliphatic heterocycles. The standard InChI is InChI=1S/C18H24ClN5O.2ClH/c1-2-9-24-17(6-7-21-24)22-18(25)13-23-10-8-20-12-16(23)14-4-3-5-15(19)11-14;;/h3-7,11,16,20H,2,8-10,12-13H2,1H3,(H,22,25);2*1H. The van der Waals surface area contributed by atoms with E-state index in [9.17, 15) is 4.79 Å². The number of aromatic nitrogens is 2. The SMILES string of the molecule is CCCn1nccc1NC(=O)CN1CCNCC1c1cccc(Cl)c1.Cl.Cl. The van der Waals surface area contributed by atoms with Crippen LogP contribution in [0.2, 0.25) is 5.02 Å². The number of aryl methyl sites for hydroxylation is 1. The lowest BCUT2D eigenvalue weighted by Gasteiger charge is -2.36. The molecule has 0 saturated carbocycles. The quantitative estimate of drug-likeness (QED) is 0.732. The van der Waals surface area contributed by atoms with Gasteiger partial charge in [-0.1, -0.05) is 30.7 Å². The third kappa shape index (κ3) is 6.36. The Morgan fingerprint density at radius 2 is 2.19 bits per heavy atom. The third-order valence-electron chi connectivity index (χ3n) is 4.35. The Balaban J connectivity index is 0.00000182. The molecule has 1 fully saturated rings. The highest BCUT2D eigenvalue weighted by molar-refractivity contribution is 6.30. The van der Waals surface area contributed by atoms with Gasteiger partial charge >= 0.3 is 0 Å². The average Bonchev–Trinajstić information content (AvgIpc) is 3.02. The number of anilines is 1. The normalized spacial score (nSPS) is 16.9. The summed E-state index contributed by atoms with van der Waals surface area (Å²) < 4.78 is 1.82. The Hall–Kier alpha value is -1.31. The van der Waals surface area contributed by atoms with E-state index in [1.807, 2.05) is 28.9 Å². The number of benzene rings is 1. The van der Waals surface area contributed by atoms with Crippen molar-refractivity contribution in [3.05, 3.63) is 47.1 Å². The van der Waals surface area contributed by atoms with Gasteiger partial charge in [0.2, 0.25) is 5.91 Å². The van der Waals surface area contributed by atoms with E-state index in [-0.39, 0.29) is 36.8 Å². The van der Waals surface area contributed by atoms with Gasteiger partial charge in [-0.2, -0.15) is 5.10 Å². The second kappa shape index (κ2) is 11.5. The first-order chi connectivity index (χ1) is 12.2. The summed E-state index contributed by atoms with van der Waals surface area (Å²) in [6.45, 7) is 5.72. The summed E-state index contributed by atoms with van der Waals surface area (Å²) in [5.41, 5.74) is 1.13. The highest BCUT2D eigenvalue weighted by atomic mass is 35.5. The van der Waals surface area contributed by atoms with E-state index in [2.05, 4.69) is 33.6 Å². The molecular weight excluding hydrogens is 409 g/mol. The second-order valence-corrected chi connectivity index (χ2v) is 6.67. The molecule has 1 aromatic carbocycles. The lowest BCUT2D eigenvalue weighted by atomic mass is 10.0. The fraction of sp³-hybridized carbons (Fsp3) is 0.444. The van der Waals surface area contributed by atoms with Gasteiger partial charge < -0.3 is 10.6 Å². The first-order valence-corrected chi connectivity index (χ1v) is 9.07. The lowest BCUT2D eigenvalue weighted by Crippen LogP contribution is -2.48. The van der Waals surface area contributed by atoms with Crippen LogP contribution in [-0.4, -0.2) is 46.8 Å². The summed E-state index contributed by atoms with van der Waals surface area (Å²) in [6.07, 6.45) is 2.68. The van der Waals surface area contributed by atoms with Crippen LogP contribution < -0.4 is 10.6 Å². The Labute approximate surface area is 177 Å². The molecule has 2 N–H and O–H groups in total. The maximum Gasteiger partial charge on any atom is 0.239 e. The zero-order chi connectivity index (χ0) is 17.6. The van der Waals surface area contributed by atoms with E-state index in [1.54, 1.807) is 6.20 Å². The van der Waals surface area contributed by atoms with Crippen molar-refractivity contribution in [1.82, 2.24) is 20.0 Å². The molecule has 1 unspecified atom stereocenters. The first kappa shape index (κ1) is 23.7. The smallest absolute Gasteiger partial charge is 0.239 e. The van der Waals surface area contributed by atoms with Crippen LogP contribution in [0.15, 0.2) is 36.5 Å². The number of hydrogen-bond acceptors (Lipinski definition) is 4. The van der Waals surface area contributed by atoms with Crippen LogP contribution in [0, 0.1) is 0 Å². The summed E-state index contributed by atoms with van der Waals surface area (Å²) in [4.78, 5) is 14.7. The lowest BCUT2D eigenvalue weighted by molar-refractivity contribution is -0.118. The van der Waals surface area contributed by atoms with E-state index < -0.39 is 0 Å².